The molecule has 2 atom stereocenters. The summed E-state index contributed by atoms with van der Waals surface area (Å²) >= 11 is 1.12. The van der Waals surface area contributed by atoms with Gasteiger partial charge in [0.05, 0.1) is 6.20 Å². The van der Waals surface area contributed by atoms with E-state index in [0.717, 1.165) is 37.2 Å². The summed E-state index contributed by atoms with van der Waals surface area (Å²) in [5.74, 6) is -0.522. The number of aromatic nitrogens is 2. The third-order valence-corrected chi connectivity index (χ3v) is 4.75. The Balaban J connectivity index is 1.73. The molecule has 7 heteroatoms. The van der Waals surface area contributed by atoms with E-state index >= 15 is 0 Å². The minimum absolute atomic E-state index is 0.0104. The molecule has 102 valence electrons. The van der Waals surface area contributed by atoms with Crippen LogP contribution < -0.4 is 0 Å². The maximum absolute atomic E-state index is 12.4. The summed E-state index contributed by atoms with van der Waals surface area (Å²) in [6, 6.07) is 0.385. The molecule has 2 unspecified atom stereocenters. The predicted octanol–water partition coefficient (Wildman–Crippen LogP) is 1.40. The molecule has 19 heavy (non-hydrogen) atoms. The first-order chi connectivity index (χ1) is 9.15. The van der Waals surface area contributed by atoms with Gasteiger partial charge in [-0.15, -0.1) is 5.10 Å². The van der Waals surface area contributed by atoms with Gasteiger partial charge in [-0.1, -0.05) is 4.49 Å². The lowest BCUT2D eigenvalue weighted by atomic mass is 9.88. The van der Waals surface area contributed by atoms with Gasteiger partial charge in [0.1, 0.15) is 4.88 Å². The molecule has 1 N–H and O–H groups in total. The van der Waals surface area contributed by atoms with Crippen LogP contribution in [0.1, 0.15) is 41.8 Å². The normalized spacial score (nSPS) is 29.5. The van der Waals surface area contributed by atoms with Crippen molar-refractivity contribution < 1.29 is 14.7 Å². The number of piperidine rings is 1. The average Bonchev–Trinajstić information content (AvgIpc) is 2.95. The Kier molecular flexibility index (Phi) is 3.22. The van der Waals surface area contributed by atoms with Gasteiger partial charge in [-0.2, -0.15) is 0 Å². The van der Waals surface area contributed by atoms with Crippen molar-refractivity contribution in [3.8, 4) is 0 Å². The summed E-state index contributed by atoms with van der Waals surface area (Å²) in [6.45, 7) is 0. The monoisotopic (exact) mass is 281 g/mol. The summed E-state index contributed by atoms with van der Waals surface area (Å²) in [5.41, 5.74) is 0. The van der Waals surface area contributed by atoms with Crippen LogP contribution in [0.15, 0.2) is 6.20 Å². The number of hydrogen-bond acceptors (Lipinski definition) is 5. The highest BCUT2D eigenvalue weighted by Crippen LogP contribution is 2.40. The molecule has 0 aliphatic carbocycles. The molecule has 0 radical (unpaired) electrons. The Morgan fingerprint density at radius 1 is 1.37 bits per heavy atom. The van der Waals surface area contributed by atoms with Crippen molar-refractivity contribution in [3.05, 3.63) is 11.1 Å². The molecule has 1 aromatic rings. The van der Waals surface area contributed by atoms with Crippen molar-refractivity contribution in [1.29, 1.82) is 0 Å². The van der Waals surface area contributed by atoms with Gasteiger partial charge in [0.25, 0.3) is 5.91 Å². The molecule has 2 aliphatic heterocycles. The zero-order chi connectivity index (χ0) is 13.4. The highest BCUT2D eigenvalue weighted by molar-refractivity contribution is 7.07. The van der Waals surface area contributed by atoms with E-state index in [1.165, 1.54) is 6.20 Å². The van der Waals surface area contributed by atoms with Crippen molar-refractivity contribution in [2.45, 2.75) is 44.2 Å². The van der Waals surface area contributed by atoms with Crippen molar-refractivity contribution in [3.63, 3.8) is 0 Å². The van der Waals surface area contributed by atoms with Crippen LogP contribution in [-0.4, -0.2) is 43.6 Å². The van der Waals surface area contributed by atoms with Crippen LogP contribution in [-0.2, 0) is 4.79 Å². The van der Waals surface area contributed by atoms with Gasteiger partial charge in [0.2, 0.25) is 0 Å². The van der Waals surface area contributed by atoms with Gasteiger partial charge in [-0.05, 0) is 43.1 Å². The minimum atomic E-state index is -0.740. The summed E-state index contributed by atoms with van der Waals surface area (Å²) < 4.78 is 3.73. The number of aliphatic carboxylic acids is 1. The Labute approximate surface area is 114 Å². The van der Waals surface area contributed by atoms with Crippen LogP contribution in [0.5, 0.6) is 0 Å². The lowest BCUT2D eigenvalue weighted by Gasteiger charge is -2.38. The molecule has 6 nitrogen and oxygen atoms in total. The van der Waals surface area contributed by atoms with Crippen molar-refractivity contribution >= 4 is 23.4 Å². The number of carboxylic acid groups (broad SMARTS) is 1. The van der Waals surface area contributed by atoms with E-state index in [-0.39, 0.29) is 30.3 Å². The molecule has 2 bridgehead atoms. The summed E-state index contributed by atoms with van der Waals surface area (Å²) in [7, 11) is 0. The third-order valence-electron chi connectivity index (χ3n) is 4.10. The van der Waals surface area contributed by atoms with E-state index in [2.05, 4.69) is 9.59 Å². The van der Waals surface area contributed by atoms with Crippen LogP contribution in [0.4, 0.5) is 0 Å². The zero-order valence-electron chi connectivity index (χ0n) is 10.4. The van der Waals surface area contributed by atoms with Gasteiger partial charge >= 0.3 is 5.97 Å². The van der Waals surface area contributed by atoms with E-state index in [9.17, 15) is 9.59 Å². The van der Waals surface area contributed by atoms with Crippen LogP contribution in [0.25, 0.3) is 0 Å². The molecule has 3 heterocycles. The molecule has 0 saturated carbocycles. The van der Waals surface area contributed by atoms with Gasteiger partial charge in [-0.25, -0.2) is 0 Å². The maximum atomic E-state index is 12.4. The summed E-state index contributed by atoms with van der Waals surface area (Å²) in [6.07, 6.45) is 5.31. The van der Waals surface area contributed by atoms with Crippen LogP contribution >= 0.6 is 11.5 Å². The van der Waals surface area contributed by atoms with Crippen LogP contribution in [0.2, 0.25) is 0 Å². The van der Waals surface area contributed by atoms with Crippen molar-refractivity contribution in [2.24, 2.45) is 5.92 Å². The summed E-state index contributed by atoms with van der Waals surface area (Å²) in [5, 5.41) is 12.6. The molecule has 2 fully saturated rings. The lowest BCUT2D eigenvalue weighted by molar-refractivity contribution is -0.138. The highest BCUT2D eigenvalue weighted by atomic mass is 32.1. The van der Waals surface area contributed by atoms with E-state index < -0.39 is 5.97 Å². The predicted molar refractivity (Wildman–Crippen MR) is 67.9 cm³/mol. The highest BCUT2D eigenvalue weighted by Gasteiger charge is 2.44. The van der Waals surface area contributed by atoms with Crippen LogP contribution in [0, 0.1) is 5.92 Å². The first kappa shape index (κ1) is 12.5. The lowest BCUT2D eigenvalue weighted by Crippen LogP contribution is -2.46. The number of carbonyl (C=O) groups excluding carboxylic acids is 1. The molecule has 0 spiro atoms. The standard InChI is InChI=1S/C12H15N3O3S/c16-11(17)5-7-3-8-1-2-9(4-7)15(8)12(18)10-6-13-14-19-10/h6-9H,1-5H2,(H,16,17). The molecular formula is C12H15N3O3S. The number of rotatable bonds is 3. The third kappa shape index (κ3) is 2.34. The molecule has 0 aromatic carbocycles. The van der Waals surface area contributed by atoms with E-state index in [4.69, 9.17) is 5.11 Å². The molecule has 1 amide bonds. The molecule has 1 aromatic heterocycles. The second kappa shape index (κ2) is 4.88. The molecular weight excluding hydrogens is 266 g/mol. The smallest absolute Gasteiger partial charge is 0.303 e. The van der Waals surface area contributed by atoms with Gasteiger partial charge < -0.3 is 10.0 Å². The van der Waals surface area contributed by atoms with Crippen molar-refractivity contribution in [2.75, 3.05) is 0 Å². The number of hydrogen-bond donors (Lipinski definition) is 1. The van der Waals surface area contributed by atoms with Crippen molar-refractivity contribution in [1.82, 2.24) is 14.5 Å². The fourth-order valence-electron chi connectivity index (χ4n) is 3.42. The zero-order valence-corrected chi connectivity index (χ0v) is 11.2. The Morgan fingerprint density at radius 2 is 2.05 bits per heavy atom. The molecule has 2 aliphatic rings. The van der Waals surface area contributed by atoms with Crippen LogP contribution in [0.3, 0.4) is 0 Å². The average molecular weight is 281 g/mol. The second-order valence-electron chi connectivity index (χ2n) is 5.31. The van der Waals surface area contributed by atoms with E-state index in [0.29, 0.717) is 4.88 Å². The largest absolute Gasteiger partial charge is 0.481 e. The Morgan fingerprint density at radius 3 is 2.58 bits per heavy atom. The van der Waals surface area contributed by atoms with E-state index in [1.807, 2.05) is 4.90 Å². The summed E-state index contributed by atoms with van der Waals surface area (Å²) in [4.78, 5) is 25.7. The topological polar surface area (TPSA) is 83.4 Å². The fourth-order valence-corrected chi connectivity index (χ4v) is 3.88. The fraction of sp³-hybridized carbons (Fsp3) is 0.667. The number of fused-ring (bicyclic) bond motifs is 2. The van der Waals surface area contributed by atoms with E-state index in [1.54, 1.807) is 0 Å². The quantitative estimate of drug-likeness (QED) is 0.905. The minimum Gasteiger partial charge on any atom is -0.481 e. The Bertz CT molecular complexity index is 476. The second-order valence-corrected chi connectivity index (χ2v) is 6.10. The number of amides is 1. The number of nitrogens with zero attached hydrogens (tertiary/aromatic N) is 3. The van der Waals surface area contributed by atoms with Gasteiger partial charge in [0, 0.05) is 18.5 Å². The van der Waals surface area contributed by atoms with Gasteiger partial charge in [0.15, 0.2) is 0 Å². The molecule has 3 rings (SSSR count). The molecule has 2 saturated heterocycles. The number of carboxylic acids is 1. The first-order valence-electron chi connectivity index (χ1n) is 6.47. The Hall–Kier alpha value is -1.50. The SMILES string of the molecule is O=C(O)CC1CC2CCC(C1)N2C(=O)c1cnns1. The first-order valence-corrected chi connectivity index (χ1v) is 7.24. The maximum Gasteiger partial charge on any atom is 0.303 e. The van der Waals surface area contributed by atoms with Gasteiger partial charge in [-0.3, -0.25) is 9.59 Å². The number of carbonyl (C=O) groups is 2.